The van der Waals surface area contributed by atoms with Gasteiger partial charge in [0, 0.05) is 0 Å². The Morgan fingerprint density at radius 1 is 0.900 bits per heavy atom. The van der Waals surface area contributed by atoms with Crippen molar-refractivity contribution >= 4 is 5.97 Å². The Bertz CT molecular complexity index is 220. The molecule has 0 heterocycles. The maximum atomic E-state index is 10.0. The first-order valence-corrected chi connectivity index (χ1v) is 8.10. The second kappa shape index (κ2) is 13.4. The van der Waals surface area contributed by atoms with E-state index in [9.17, 15) is 4.79 Å². The maximum Gasteiger partial charge on any atom is 0.308 e. The molecule has 0 radical (unpaired) electrons. The second-order valence-electron chi connectivity index (χ2n) is 6.83. The average Bonchev–Trinajstić information content (AvgIpc) is 2.32. The number of hydrogen-bond acceptors (Lipinski definition) is 2. The summed E-state index contributed by atoms with van der Waals surface area (Å²) in [5, 5.41) is 8.25. The lowest BCUT2D eigenvalue weighted by atomic mass is 9.98. The highest BCUT2D eigenvalue weighted by Crippen LogP contribution is 2.11. The predicted octanol–water partition coefficient (Wildman–Crippen LogP) is 4.81. The predicted molar refractivity (Wildman–Crippen MR) is 88.3 cm³/mol. The molecule has 0 unspecified atom stereocenters. The molecule has 0 aliphatic rings. The summed E-state index contributed by atoms with van der Waals surface area (Å²) in [6, 6.07) is 0. The molecule has 0 saturated carbocycles. The van der Waals surface area contributed by atoms with Crippen LogP contribution in [0.15, 0.2) is 0 Å². The third-order valence-electron chi connectivity index (χ3n) is 3.10. The first kappa shape index (κ1) is 21.7. The molecular formula is C17H37NO2. The van der Waals surface area contributed by atoms with Crippen LogP contribution in [0.25, 0.3) is 0 Å². The number of carbonyl (C=O) groups is 1. The van der Waals surface area contributed by atoms with Crippen LogP contribution in [0, 0.1) is 5.41 Å². The molecule has 122 valence electrons. The van der Waals surface area contributed by atoms with Crippen LogP contribution in [-0.4, -0.2) is 36.6 Å². The molecule has 3 heteroatoms. The van der Waals surface area contributed by atoms with Gasteiger partial charge in [0.15, 0.2) is 0 Å². The molecule has 3 nitrogen and oxygen atoms in total. The van der Waals surface area contributed by atoms with E-state index in [0.717, 1.165) is 0 Å². The summed E-state index contributed by atoms with van der Waals surface area (Å²) in [6.45, 7) is 8.52. The Morgan fingerprint density at radius 2 is 1.25 bits per heavy atom. The van der Waals surface area contributed by atoms with Crippen LogP contribution >= 0.6 is 0 Å². The van der Waals surface area contributed by atoms with Crippen molar-refractivity contribution in [3.8, 4) is 0 Å². The van der Waals surface area contributed by atoms with Crippen LogP contribution in [0.2, 0.25) is 0 Å². The highest BCUT2D eigenvalue weighted by molar-refractivity contribution is 5.72. The standard InChI is InChI=1S/C12H27N.C5H10O2/c1-4-5-6-7-8-9-10-11-12-13(2)3;1-5(2,3)4(6)7/h4-12H2,1-3H3;1-3H3,(H,6,7). The Hall–Kier alpha value is -0.570. The zero-order valence-corrected chi connectivity index (χ0v) is 14.7. The van der Waals surface area contributed by atoms with Crippen LogP contribution in [-0.2, 0) is 4.79 Å². The molecule has 20 heavy (non-hydrogen) atoms. The number of aliphatic carboxylic acids is 1. The first-order valence-electron chi connectivity index (χ1n) is 8.10. The second-order valence-corrected chi connectivity index (χ2v) is 6.83. The molecular weight excluding hydrogens is 250 g/mol. The summed E-state index contributed by atoms with van der Waals surface area (Å²) >= 11 is 0. The van der Waals surface area contributed by atoms with Gasteiger partial charge in [-0.2, -0.15) is 0 Å². The van der Waals surface area contributed by atoms with Gasteiger partial charge in [0.05, 0.1) is 5.41 Å². The minimum Gasteiger partial charge on any atom is -0.481 e. The summed E-state index contributed by atoms with van der Waals surface area (Å²) in [5.74, 6) is -0.757. The van der Waals surface area contributed by atoms with Crippen molar-refractivity contribution in [2.75, 3.05) is 20.6 Å². The van der Waals surface area contributed by atoms with E-state index in [2.05, 4.69) is 25.9 Å². The molecule has 0 rings (SSSR count). The first-order chi connectivity index (χ1) is 9.21. The lowest BCUT2D eigenvalue weighted by Crippen LogP contribution is -2.18. The van der Waals surface area contributed by atoms with E-state index in [0.29, 0.717) is 0 Å². The molecule has 0 fully saturated rings. The smallest absolute Gasteiger partial charge is 0.308 e. The molecule has 0 atom stereocenters. The van der Waals surface area contributed by atoms with Gasteiger partial charge in [-0.25, -0.2) is 0 Å². The van der Waals surface area contributed by atoms with E-state index in [-0.39, 0.29) is 0 Å². The van der Waals surface area contributed by atoms with Gasteiger partial charge in [0.1, 0.15) is 0 Å². The summed E-state index contributed by atoms with van der Waals surface area (Å²) in [5.41, 5.74) is -0.583. The van der Waals surface area contributed by atoms with Gasteiger partial charge < -0.3 is 10.0 Å². The monoisotopic (exact) mass is 287 g/mol. The van der Waals surface area contributed by atoms with E-state index in [1.54, 1.807) is 20.8 Å². The van der Waals surface area contributed by atoms with Crippen molar-refractivity contribution in [3.63, 3.8) is 0 Å². The van der Waals surface area contributed by atoms with Gasteiger partial charge in [0.25, 0.3) is 0 Å². The molecule has 0 amide bonds. The van der Waals surface area contributed by atoms with Gasteiger partial charge in [-0.15, -0.1) is 0 Å². The molecule has 0 saturated heterocycles. The van der Waals surface area contributed by atoms with Crippen LogP contribution < -0.4 is 0 Å². The lowest BCUT2D eigenvalue weighted by Gasteiger charge is -2.08. The lowest BCUT2D eigenvalue weighted by molar-refractivity contribution is -0.145. The Morgan fingerprint density at radius 3 is 1.55 bits per heavy atom. The zero-order chi connectivity index (χ0) is 16.0. The summed E-state index contributed by atoms with van der Waals surface area (Å²) in [4.78, 5) is 12.3. The third kappa shape index (κ3) is 19.8. The minimum atomic E-state index is -0.757. The number of unbranched alkanes of at least 4 members (excludes halogenated alkanes) is 7. The largest absolute Gasteiger partial charge is 0.481 e. The highest BCUT2D eigenvalue weighted by atomic mass is 16.4. The fourth-order valence-corrected chi connectivity index (χ4v) is 1.56. The third-order valence-corrected chi connectivity index (χ3v) is 3.10. The van der Waals surface area contributed by atoms with E-state index >= 15 is 0 Å². The normalized spacial score (nSPS) is 11.2. The van der Waals surface area contributed by atoms with Crippen LogP contribution in [0.5, 0.6) is 0 Å². The van der Waals surface area contributed by atoms with E-state index in [4.69, 9.17) is 5.11 Å². The summed E-state index contributed by atoms with van der Waals surface area (Å²) in [6.07, 6.45) is 11.4. The van der Waals surface area contributed by atoms with Crippen molar-refractivity contribution in [1.82, 2.24) is 4.90 Å². The average molecular weight is 287 g/mol. The number of carboxylic acid groups (broad SMARTS) is 1. The van der Waals surface area contributed by atoms with Gasteiger partial charge in [-0.3, -0.25) is 4.79 Å². The highest BCUT2D eigenvalue weighted by Gasteiger charge is 2.18. The van der Waals surface area contributed by atoms with E-state index in [1.165, 1.54) is 57.9 Å². The van der Waals surface area contributed by atoms with Crippen molar-refractivity contribution in [2.45, 2.75) is 79.1 Å². The fraction of sp³-hybridized carbons (Fsp3) is 0.941. The van der Waals surface area contributed by atoms with Crippen LogP contribution in [0.1, 0.15) is 79.1 Å². The molecule has 0 bridgehead atoms. The van der Waals surface area contributed by atoms with Crippen molar-refractivity contribution < 1.29 is 9.90 Å². The zero-order valence-electron chi connectivity index (χ0n) is 14.7. The van der Waals surface area contributed by atoms with Gasteiger partial charge in [-0.1, -0.05) is 51.9 Å². The number of rotatable bonds is 9. The Labute approximate surface area is 126 Å². The van der Waals surface area contributed by atoms with Crippen molar-refractivity contribution in [1.29, 1.82) is 0 Å². The van der Waals surface area contributed by atoms with Gasteiger partial charge in [0.2, 0.25) is 0 Å². The quantitative estimate of drug-likeness (QED) is 0.619. The van der Waals surface area contributed by atoms with Crippen molar-refractivity contribution in [2.24, 2.45) is 5.41 Å². The Balaban J connectivity index is 0. The minimum absolute atomic E-state index is 0.583. The SMILES string of the molecule is CC(C)(C)C(=O)O.CCCCCCCCCCN(C)C. The number of hydrogen-bond donors (Lipinski definition) is 1. The fourth-order valence-electron chi connectivity index (χ4n) is 1.56. The molecule has 0 spiro atoms. The van der Waals surface area contributed by atoms with Crippen LogP contribution in [0.4, 0.5) is 0 Å². The molecule has 0 aromatic rings. The molecule has 0 aliphatic heterocycles. The van der Waals surface area contributed by atoms with Gasteiger partial charge >= 0.3 is 5.97 Å². The molecule has 0 aliphatic carbocycles. The molecule has 0 aromatic heterocycles. The van der Waals surface area contributed by atoms with E-state index < -0.39 is 11.4 Å². The molecule has 0 aromatic carbocycles. The summed E-state index contributed by atoms with van der Waals surface area (Å²) < 4.78 is 0. The maximum absolute atomic E-state index is 10.0. The van der Waals surface area contributed by atoms with Crippen LogP contribution in [0.3, 0.4) is 0 Å². The summed E-state index contributed by atoms with van der Waals surface area (Å²) in [7, 11) is 4.31. The molecule has 1 N–H and O–H groups in total. The number of carboxylic acids is 1. The van der Waals surface area contributed by atoms with Gasteiger partial charge in [-0.05, 0) is 47.8 Å². The van der Waals surface area contributed by atoms with E-state index in [1.807, 2.05) is 0 Å². The Kier molecular flexibility index (Phi) is 14.6. The van der Waals surface area contributed by atoms with Crippen molar-refractivity contribution in [3.05, 3.63) is 0 Å². The topological polar surface area (TPSA) is 40.5 Å². The number of nitrogens with zero attached hydrogens (tertiary/aromatic N) is 1.